The Labute approximate surface area is 191 Å². The van der Waals surface area contributed by atoms with E-state index < -0.39 is 5.91 Å². The van der Waals surface area contributed by atoms with Gasteiger partial charge >= 0.3 is 0 Å². The second-order valence-corrected chi connectivity index (χ2v) is 7.16. The molecule has 0 unspecified atom stereocenters. The summed E-state index contributed by atoms with van der Waals surface area (Å²) in [5.41, 5.74) is 0.837. The van der Waals surface area contributed by atoms with Gasteiger partial charge in [-0.15, -0.1) is 0 Å². The zero-order valence-electron chi connectivity index (χ0n) is 18.5. The second-order valence-electron chi connectivity index (χ2n) is 7.16. The highest BCUT2D eigenvalue weighted by molar-refractivity contribution is 6.03. The summed E-state index contributed by atoms with van der Waals surface area (Å²) in [4.78, 5) is 36.8. The maximum atomic E-state index is 12.6. The van der Waals surface area contributed by atoms with Crippen LogP contribution in [-0.4, -0.2) is 35.3 Å². The van der Waals surface area contributed by atoms with Crippen LogP contribution in [0.1, 0.15) is 30.3 Å². The summed E-state index contributed by atoms with van der Waals surface area (Å²) in [6.07, 6.45) is 1.70. The van der Waals surface area contributed by atoms with Crippen LogP contribution in [0, 0.1) is 0 Å². The fraction of sp³-hybridized carbons (Fsp3) is 0.250. The summed E-state index contributed by atoms with van der Waals surface area (Å²) in [6, 6.07) is 16.5. The molecule has 3 rings (SSSR count). The number of unbranched alkanes of at least 4 members (excludes halogenated alkanes) is 1. The summed E-state index contributed by atoms with van der Waals surface area (Å²) < 4.78 is 12.0. The van der Waals surface area contributed by atoms with Gasteiger partial charge in [0, 0.05) is 24.0 Å². The van der Waals surface area contributed by atoms with Crippen LogP contribution in [0.15, 0.2) is 65.5 Å². The van der Waals surface area contributed by atoms with Crippen LogP contribution in [-0.2, 0) is 11.3 Å². The van der Waals surface area contributed by atoms with Crippen molar-refractivity contribution in [1.29, 1.82) is 0 Å². The first kappa shape index (κ1) is 23.5. The fourth-order valence-corrected chi connectivity index (χ4v) is 2.99. The Morgan fingerprint density at radius 1 is 0.970 bits per heavy atom. The van der Waals surface area contributed by atoms with Gasteiger partial charge in [-0.1, -0.05) is 31.5 Å². The smallest absolute Gasteiger partial charge is 0.276 e. The number of carbonyl (C=O) groups is 2. The number of anilines is 2. The van der Waals surface area contributed by atoms with Crippen molar-refractivity contribution in [2.45, 2.75) is 26.3 Å². The number of hydrogen-bond acceptors (Lipinski definition) is 6. The Balaban J connectivity index is 1.61. The number of aryl methyl sites for hydroxylation is 1. The van der Waals surface area contributed by atoms with Crippen molar-refractivity contribution in [2.24, 2.45) is 0 Å². The maximum Gasteiger partial charge on any atom is 0.276 e. The van der Waals surface area contributed by atoms with Gasteiger partial charge in [0.25, 0.3) is 17.4 Å². The Morgan fingerprint density at radius 3 is 2.42 bits per heavy atom. The first-order valence-corrected chi connectivity index (χ1v) is 10.6. The molecule has 0 bridgehead atoms. The molecule has 0 saturated heterocycles. The van der Waals surface area contributed by atoms with Gasteiger partial charge in [0.2, 0.25) is 0 Å². The van der Waals surface area contributed by atoms with Crippen LogP contribution in [0.25, 0.3) is 0 Å². The summed E-state index contributed by atoms with van der Waals surface area (Å²) in [5, 5.41) is 9.60. The van der Waals surface area contributed by atoms with Crippen molar-refractivity contribution in [2.75, 3.05) is 24.4 Å². The predicted octanol–water partition coefficient (Wildman–Crippen LogP) is 3.32. The molecule has 0 spiro atoms. The molecular formula is C24H26N4O5. The third-order valence-corrected chi connectivity index (χ3v) is 4.65. The van der Waals surface area contributed by atoms with E-state index in [1.807, 2.05) is 6.92 Å². The summed E-state index contributed by atoms with van der Waals surface area (Å²) in [6.45, 7) is 2.26. The van der Waals surface area contributed by atoms with Crippen molar-refractivity contribution in [3.8, 4) is 11.5 Å². The van der Waals surface area contributed by atoms with E-state index in [9.17, 15) is 14.4 Å². The minimum atomic E-state index is -0.455. The van der Waals surface area contributed by atoms with E-state index in [1.54, 1.807) is 48.5 Å². The molecule has 3 aromatic rings. The van der Waals surface area contributed by atoms with Gasteiger partial charge in [-0.2, -0.15) is 5.10 Å². The van der Waals surface area contributed by atoms with Crippen molar-refractivity contribution < 1.29 is 19.1 Å². The highest BCUT2D eigenvalue weighted by Gasteiger charge is 2.12. The summed E-state index contributed by atoms with van der Waals surface area (Å²) in [5.74, 6) is 0.172. The normalized spacial score (nSPS) is 10.4. The topological polar surface area (TPSA) is 112 Å². The molecule has 2 aromatic carbocycles. The number of nitrogens with one attached hydrogen (secondary N) is 2. The molecule has 0 aliphatic heterocycles. The molecule has 1 aromatic heterocycles. The third-order valence-electron chi connectivity index (χ3n) is 4.65. The first-order chi connectivity index (χ1) is 16.0. The molecule has 0 aliphatic carbocycles. The number of hydrogen-bond donors (Lipinski definition) is 2. The summed E-state index contributed by atoms with van der Waals surface area (Å²) >= 11 is 0. The van der Waals surface area contributed by atoms with Gasteiger partial charge in [0.05, 0.1) is 7.11 Å². The lowest BCUT2D eigenvalue weighted by Crippen LogP contribution is -2.26. The molecule has 9 heteroatoms. The molecule has 1 heterocycles. The lowest BCUT2D eigenvalue weighted by Gasteiger charge is -2.11. The molecule has 2 amide bonds. The van der Waals surface area contributed by atoms with Crippen molar-refractivity contribution in [1.82, 2.24) is 9.78 Å². The molecule has 0 radical (unpaired) electrons. The molecular weight excluding hydrogens is 424 g/mol. The van der Waals surface area contributed by atoms with E-state index in [0.29, 0.717) is 29.4 Å². The Morgan fingerprint density at radius 2 is 1.70 bits per heavy atom. The number of benzene rings is 2. The highest BCUT2D eigenvalue weighted by atomic mass is 16.5. The molecule has 172 valence electrons. The van der Waals surface area contributed by atoms with Gasteiger partial charge < -0.3 is 20.1 Å². The van der Waals surface area contributed by atoms with Crippen molar-refractivity contribution >= 4 is 23.2 Å². The first-order valence-electron chi connectivity index (χ1n) is 10.6. The number of rotatable bonds is 10. The van der Waals surface area contributed by atoms with Crippen LogP contribution < -0.4 is 25.7 Å². The van der Waals surface area contributed by atoms with Crippen molar-refractivity contribution in [3.05, 3.63) is 76.7 Å². The third kappa shape index (κ3) is 6.67. The maximum absolute atomic E-state index is 12.6. The van der Waals surface area contributed by atoms with Gasteiger partial charge in [-0.25, -0.2) is 4.68 Å². The lowest BCUT2D eigenvalue weighted by molar-refractivity contribution is -0.118. The molecule has 33 heavy (non-hydrogen) atoms. The highest BCUT2D eigenvalue weighted by Crippen LogP contribution is 2.25. The SMILES string of the molecule is CCCCn1nc(C(=O)Nc2cccc(NC(=O)COc3ccccc3OC)c2)ccc1=O. The number of aromatic nitrogens is 2. The van der Waals surface area contributed by atoms with E-state index in [4.69, 9.17) is 9.47 Å². The molecule has 9 nitrogen and oxygen atoms in total. The van der Waals surface area contributed by atoms with E-state index in [-0.39, 0.29) is 23.8 Å². The average molecular weight is 450 g/mol. The standard InChI is InChI=1S/C24H26N4O5/c1-3-4-14-28-23(30)13-12-19(27-28)24(31)26-18-9-7-8-17(15-18)25-22(29)16-33-21-11-6-5-10-20(21)32-2/h5-13,15H,3-4,14,16H2,1-2H3,(H,25,29)(H,26,31). The quantitative estimate of drug-likeness (QED) is 0.490. The minimum absolute atomic E-state index is 0.130. The largest absolute Gasteiger partial charge is 0.493 e. The fourth-order valence-electron chi connectivity index (χ4n) is 2.99. The molecule has 0 saturated carbocycles. The molecule has 0 aliphatic rings. The summed E-state index contributed by atoms with van der Waals surface area (Å²) in [7, 11) is 1.53. The van der Waals surface area contributed by atoms with E-state index in [0.717, 1.165) is 12.8 Å². The van der Waals surface area contributed by atoms with Gasteiger partial charge in [0.1, 0.15) is 5.69 Å². The van der Waals surface area contributed by atoms with Gasteiger partial charge in [0.15, 0.2) is 18.1 Å². The number of methoxy groups -OCH3 is 1. The van der Waals surface area contributed by atoms with Crippen LogP contribution in [0.5, 0.6) is 11.5 Å². The van der Waals surface area contributed by atoms with Gasteiger partial charge in [-0.05, 0) is 42.8 Å². The van der Waals surface area contributed by atoms with Crippen LogP contribution >= 0.6 is 0 Å². The molecule has 0 atom stereocenters. The Bertz CT molecular complexity index is 1180. The van der Waals surface area contributed by atoms with Crippen molar-refractivity contribution in [3.63, 3.8) is 0 Å². The predicted molar refractivity (Wildman–Crippen MR) is 125 cm³/mol. The number of nitrogens with zero attached hydrogens (tertiary/aromatic N) is 2. The Hall–Kier alpha value is -4.14. The lowest BCUT2D eigenvalue weighted by atomic mass is 10.2. The van der Waals surface area contributed by atoms with Crippen LogP contribution in [0.4, 0.5) is 11.4 Å². The zero-order chi connectivity index (χ0) is 23.6. The van der Waals surface area contributed by atoms with Gasteiger partial charge in [-0.3, -0.25) is 14.4 Å². The Kier molecular flexibility index (Phi) is 8.18. The second kappa shape index (κ2) is 11.5. The van der Waals surface area contributed by atoms with E-state index >= 15 is 0 Å². The minimum Gasteiger partial charge on any atom is -0.493 e. The zero-order valence-corrected chi connectivity index (χ0v) is 18.5. The number of para-hydroxylation sites is 2. The van der Waals surface area contributed by atoms with Crippen LogP contribution in [0.3, 0.4) is 0 Å². The number of amides is 2. The monoisotopic (exact) mass is 450 g/mol. The average Bonchev–Trinajstić information content (AvgIpc) is 2.82. The van der Waals surface area contributed by atoms with Crippen LogP contribution in [0.2, 0.25) is 0 Å². The number of ether oxygens (including phenoxy) is 2. The molecule has 2 N–H and O–H groups in total. The van der Waals surface area contributed by atoms with E-state index in [1.165, 1.54) is 23.9 Å². The van der Waals surface area contributed by atoms with E-state index in [2.05, 4.69) is 15.7 Å². The molecule has 0 fully saturated rings. The number of carbonyl (C=O) groups excluding carboxylic acids is 2.